The van der Waals surface area contributed by atoms with E-state index in [1.807, 2.05) is 0 Å². The molecule has 0 spiro atoms. The van der Waals surface area contributed by atoms with Gasteiger partial charge in [0.1, 0.15) is 11.6 Å². The molecule has 0 saturated heterocycles. The van der Waals surface area contributed by atoms with E-state index in [0.717, 1.165) is 18.7 Å². The summed E-state index contributed by atoms with van der Waals surface area (Å²) in [5.74, 6) is 2.14. The van der Waals surface area contributed by atoms with E-state index in [4.69, 9.17) is 0 Å². The van der Waals surface area contributed by atoms with Gasteiger partial charge in [-0.1, -0.05) is 13.8 Å². The van der Waals surface area contributed by atoms with Gasteiger partial charge in [-0.2, -0.15) is 0 Å². The van der Waals surface area contributed by atoms with Crippen LogP contribution < -0.4 is 10.9 Å². The van der Waals surface area contributed by atoms with E-state index in [-0.39, 0.29) is 5.56 Å². The van der Waals surface area contributed by atoms with Crippen molar-refractivity contribution in [1.29, 1.82) is 0 Å². The number of aliphatic hydroxyl groups is 1. The summed E-state index contributed by atoms with van der Waals surface area (Å²) < 4.78 is 0. The summed E-state index contributed by atoms with van der Waals surface area (Å²) in [6, 6.07) is 1.44. The first-order valence-corrected chi connectivity index (χ1v) is 6.93. The Morgan fingerprint density at radius 3 is 2.84 bits per heavy atom. The van der Waals surface area contributed by atoms with Gasteiger partial charge < -0.3 is 15.4 Å². The Hall–Kier alpha value is -1.36. The minimum Gasteiger partial charge on any atom is -0.388 e. The fraction of sp³-hybridized carbons (Fsp3) is 0.714. The van der Waals surface area contributed by atoms with E-state index in [1.165, 1.54) is 6.07 Å². The molecule has 1 fully saturated rings. The van der Waals surface area contributed by atoms with Crippen molar-refractivity contribution in [2.24, 2.45) is 5.92 Å². The lowest BCUT2D eigenvalue weighted by Gasteiger charge is -2.25. The molecule has 5 heteroatoms. The van der Waals surface area contributed by atoms with Gasteiger partial charge >= 0.3 is 0 Å². The van der Waals surface area contributed by atoms with Crippen molar-refractivity contribution in [1.82, 2.24) is 9.97 Å². The fourth-order valence-corrected chi connectivity index (χ4v) is 2.35. The van der Waals surface area contributed by atoms with Crippen LogP contribution in [0.5, 0.6) is 0 Å². The molecule has 1 aromatic rings. The summed E-state index contributed by atoms with van der Waals surface area (Å²) >= 11 is 0. The molecule has 1 aliphatic carbocycles. The second-order valence-corrected chi connectivity index (χ2v) is 6.24. The summed E-state index contributed by atoms with van der Waals surface area (Å²) in [5, 5.41) is 13.3. The molecule has 1 heterocycles. The number of nitrogens with zero attached hydrogens (tertiary/aromatic N) is 1. The van der Waals surface area contributed by atoms with E-state index >= 15 is 0 Å². The molecule has 1 aromatic heterocycles. The summed E-state index contributed by atoms with van der Waals surface area (Å²) in [6.45, 7) is 6.34. The largest absolute Gasteiger partial charge is 0.388 e. The van der Waals surface area contributed by atoms with Gasteiger partial charge in [0.2, 0.25) is 0 Å². The number of nitrogens with one attached hydrogen (secondary N) is 2. The van der Waals surface area contributed by atoms with Gasteiger partial charge in [-0.05, 0) is 32.1 Å². The zero-order valence-corrected chi connectivity index (χ0v) is 11.9. The molecular weight excluding hydrogens is 242 g/mol. The molecule has 1 aliphatic rings. The van der Waals surface area contributed by atoms with E-state index in [0.29, 0.717) is 30.6 Å². The molecule has 1 unspecified atom stereocenters. The summed E-state index contributed by atoms with van der Waals surface area (Å²) in [7, 11) is 0. The van der Waals surface area contributed by atoms with Crippen LogP contribution in [0.4, 0.5) is 5.82 Å². The van der Waals surface area contributed by atoms with Gasteiger partial charge in [0.25, 0.3) is 5.56 Å². The Morgan fingerprint density at radius 1 is 1.58 bits per heavy atom. The smallest absolute Gasteiger partial charge is 0.252 e. The molecule has 0 amide bonds. The topological polar surface area (TPSA) is 78.0 Å². The van der Waals surface area contributed by atoms with Crippen LogP contribution in [0, 0.1) is 5.92 Å². The first-order valence-electron chi connectivity index (χ1n) is 6.93. The lowest BCUT2D eigenvalue weighted by Crippen LogP contribution is -2.35. The molecule has 3 N–H and O–H groups in total. The van der Waals surface area contributed by atoms with Gasteiger partial charge in [-0.15, -0.1) is 0 Å². The summed E-state index contributed by atoms with van der Waals surface area (Å²) in [4.78, 5) is 18.7. The van der Waals surface area contributed by atoms with Crippen molar-refractivity contribution >= 4 is 5.82 Å². The lowest BCUT2D eigenvalue weighted by atomic mass is 9.94. The Kier molecular flexibility index (Phi) is 3.94. The van der Waals surface area contributed by atoms with Crippen molar-refractivity contribution < 1.29 is 5.11 Å². The van der Waals surface area contributed by atoms with Gasteiger partial charge in [0.15, 0.2) is 0 Å². The Bertz CT molecular complexity index is 490. The van der Waals surface area contributed by atoms with Gasteiger partial charge in [-0.3, -0.25) is 4.79 Å². The average molecular weight is 265 g/mol. The standard InChI is InChI=1S/C14H23N3O2/c1-9(2)7-14(3,19)8-15-11-6-12(18)17-13(16-11)10-4-5-10/h6,9-10,19H,4-5,7-8H2,1-3H3,(H2,15,16,17,18). The van der Waals surface area contributed by atoms with Crippen molar-refractivity contribution in [3.63, 3.8) is 0 Å². The Balaban J connectivity index is 2.01. The third-order valence-corrected chi connectivity index (χ3v) is 3.22. The number of aromatic nitrogens is 2. The molecule has 106 valence electrons. The highest BCUT2D eigenvalue weighted by molar-refractivity contribution is 5.34. The Morgan fingerprint density at radius 2 is 2.26 bits per heavy atom. The first-order chi connectivity index (χ1) is 8.85. The molecule has 0 bridgehead atoms. The van der Waals surface area contributed by atoms with Crippen LogP contribution >= 0.6 is 0 Å². The second kappa shape index (κ2) is 5.33. The Labute approximate surface area is 113 Å². The van der Waals surface area contributed by atoms with E-state index in [9.17, 15) is 9.90 Å². The molecule has 19 heavy (non-hydrogen) atoms. The lowest BCUT2D eigenvalue weighted by molar-refractivity contribution is 0.0514. The molecule has 5 nitrogen and oxygen atoms in total. The normalized spacial score (nSPS) is 18.4. The summed E-state index contributed by atoms with van der Waals surface area (Å²) in [5.41, 5.74) is -0.930. The molecular formula is C14H23N3O2. The van der Waals surface area contributed by atoms with Crippen LogP contribution in [0.15, 0.2) is 10.9 Å². The highest BCUT2D eigenvalue weighted by atomic mass is 16.3. The minimum absolute atomic E-state index is 0.136. The van der Waals surface area contributed by atoms with Gasteiger partial charge in [0.05, 0.1) is 5.60 Å². The highest BCUT2D eigenvalue weighted by Gasteiger charge is 2.27. The number of hydrogen-bond acceptors (Lipinski definition) is 4. The zero-order chi connectivity index (χ0) is 14.0. The van der Waals surface area contributed by atoms with E-state index < -0.39 is 5.60 Å². The monoisotopic (exact) mass is 265 g/mol. The molecule has 1 atom stereocenters. The van der Waals surface area contributed by atoms with Crippen LogP contribution in [-0.4, -0.2) is 27.2 Å². The predicted molar refractivity (Wildman–Crippen MR) is 75.4 cm³/mol. The number of anilines is 1. The van der Waals surface area contributed by atoms with Crippen molar-refractivity contribution in [3.8, 4) is 0 Å². The number of rotatable bonds is 6. The molecule has 0 aromatic carbocycles. The molecule has 1 saturated carbocycles. The first kappa shape index (κ1) is 14.1. The average Bonchev–Trinajstić information content (AvgIpc) is 3.07. The van der Waals surface area contributed by atoms with E-state index in [1.54, 1.807) is 6.92 Å². The quantitative estimate of drug-likeness (QED) is 0.733. The third-order valence-electron chi connectivity index (χ3n) is 3.22. The maximum atomic E-state index is 11.5. The fourth-order valence-electron chi connectivity index (χ4n) is 2.35. The SMILES string of the molecule is CC(C)CC(C)(O)CNc1cc(=O)[nH]c(C2CC2)n1. The van der Waals surface area contributed by atoms with Crippen molar-refractivity contribution in [3.05, 3.63) is 22.2 Å². The van der Waals surface area contributed by atoms with Gasteiger partial charge in [-0.25, -0.2) is 4.98 Å². The van der Waals surface area contributed by atoms with Crippen LogP contribution in [0.2, 0.25) is 0 Å². The maximum absolute atomic E-state index is 11.5. The minimum atomic E-state index is -0.793. The number of aromatic amines is 1. The third kappa shape index (κ3) is 4.35. The van der Waals surface area contributed by atoms with Crippen LogP contribution in [0.3, 0.4) is 0 Å². The second-order valence-electron chi connectivity index (χ2n) is 6.24. The highest BCUT2D eigenvalue weighted by Crippen LogP contribution is 2.37. The predicted octanol–water partition coefficient (Wildman–Crippen LogP) is 1.86. The number of H-pyrrole nitrogens is 1. The van der Waals surface area contributed by atoms with Crippen LogP contribution in [-0.2, 0) is 0 Å². The van der Waals surface area contributed by atoms with Crippen molar-refractivity contribution in [2.75, 3.05) is 11.9 Å². The summed E-state index contributed by atoms with van der Waals surface area (Å²) in [6.07, 6.45) is 2.90. The maximum Gasteiger partial charge on any atom is 0.252 e. The number of hydrogen-bond donors (Lipinski definition) is 3. The molecule has 0 aliphatic heterocycles. The molecule has 0 radical (unpaired) electrons. The van der Waals surface area contributed by atoms with Crippen LogP contribution in [0.25, 0.3) is 0 Å². The van der Waals surface area contributed by atoms with Crippen LogP contribution in [0.1, 0.15) is 51.8 Å². The van der Waals surface area contributed by atoms with Gasteiger partial charge in [0, 0.05) is 18.5 Å². The van der Waals surface area contributed by atoms with E-state index in [2.05, 4.69) is 29.1 Å². The zero-order valence-electron chi connectivity index (χ0n) is 11.9. The molecule has 2 rings (SSSR count). The van der Waals surface area contributed by atoms with Crippen molar-refractivity contribution in [2.45, 2.75) is 51.6 Å².